The summed E-state index contributed by atoms with van der Waals surface area (Å²) >= 11 is 0. The van der Waals surface area contributed by atoms with Gasteiger partial charge in [-0.25, -0.2) is 0 Å². The first kappa shape index (κ1) is 12.7. The predicted octanol–water partition coefficient (Wildman–Crippen LogP) is 4.27. The number of fused-ring (bicyclic) bond motifs is 1. The third-order valence-corrected chi connectivity index (χ3v) is 3.78. The number of nitrogens with one attached hydrogen (secondary N) is 2. The molecule has 2 N–H and O–H groups in total. The molecule has 1 aliphatic heterocycles. The van der Waals surface area contributed by atoms with Crippen LogP contribution in [0.15, 0.2) is 53.7 Å². The Hall–Kier alpha value is -3.01. The number of aromatic amines is 2. The Bertz CT molecular complexity index is 870. The molecule has 0 spiro atoms. The van der Waals surface area contributed by atoms with Crippen molar-refractivity contribution in [3.05, 3.63) is 59.9 Å². The maximum Gasteiger partial charge on any atom is 0.144 e. The lowest BCUT2D eigenvalue weighted by Gasteiger charge is -2.00. The SMILES string of the molecule is COc1cc(-c2ccc[nH]2)[nH]c1/C=C1/C=Nc2ccccc21. The molecule has 0 saturated carbocycles. The number of benzene rings is 1. The highest BCUT2D eigenvalue weighted by molar-refractivity contribution is 6.21. The molecule has 0 aliphatic carbocycles. The number of nitrogens with zero attached hydrogens (tertiary/aromatic N) is 1. The molecule has 0 radical (unpaired) electrons. The monoisotopic (exact) mass is 289 g/mol. The molecule has 3 heterocycles. The van der Waals surface area contributed by atoms with Gasteiger partial charge in [0.1, 0.15) is 5.75 Å². The second-order valence-electron chi connectivity index (χ2n) is 5.12. The van der Waals surface area contributed by atoms with Crippen LogP contribution in [0.3, 0.4) is 0 Å². The van der Waals surface area contributed by atoms with Crippen molar-refractivity contribution >= 4 is 23.6 Å². The fourth-order valence-electron chi connectivity index (χ4n) is 2.68. The minimum atomic E-state index is 0.815. The number of hydrogen-bond acceptors (Lipinski definition) is 2. The average Bonchev–Trinajstić information content (AvgIpc) is 3.27. The minimum Gasteiger partial charge on any atom is -0.494 e. The van der Waals surface area contributed by atoms with Crippen LogP contribution in [0.1, 0.15) is 11.3 Å². The van der Waals surface area contributed by atoms with Crippen molar-refractivity contribution in [3.63, 3.8) is 0 Å². The van der Waals surface area contributed by atoms with Gasteiger partial charge in [-0.3, -0.25) is 4.99 Å². The van der Waals surface area contributed by atoms with E-state index in [1.807, 2.05) is 48.8 Å². The van der Waals surface area contributed by atoms with Gasteiger partial charge in [0.05, 0.1) is 29.9 Å². The van der Waals surface area contributed by atoms with Gasteiger partial charge < -0.3 is 14.7 Å². The molecule has 0 unspecified atom stereocenters. The molecule has 0 saturated heterocycles. The van der Waals surface area contributed by atoms with Crippen molar-refractivity contribution in [2.75, 3.05) is 7.11 Å². The number of aliphatic imine (C=N–C) groups is 1. The lowest BCUT2D eigenvalue weighted by molar-refractivity contribution is 0.414. The molecule has 0 atom stereocenters. The van der Waals surface area contributed by atoms with Crippen LogP contribution in [0.4, 0.5) is 5.69 Å². The number of aromatic nitrogens is 2. The molecule has 4 heteroatoms. The topological polar surface area (TPSA) is 53.2 Å². The van der Waals surface area contributed by atoms with Crippen LogP contribution < -0.4 is 4.74 Å². The van der Waals surface area contributed by atoms with E-state index in [1.54, 1.807) is 7.11 Å². The van der Waals surface area contributed by atoms with Crippen LogP contribution in [-0.2, 0) is 0 Å². The number of rotatable bonds is 3. The third kappa shape index (κ3) is 2.05. The summed E-state index contributed by atoms with van der Waals surface area (Å²) in [5, 5.41) is 0. The first-order chi connectivity index (χ1) is 10.8. The van der Waals surface area contributed by atoms with E-state index >= 15 is 0 Å². The lowest BCUT2D eigenvalue weighted by Crippen LogP contribution is -1.85. The van der Waals surface area contributed by atoms with E-state index in [4.69, 9.17) is 4.74 Å². The van der Waals surface area contributed by atoms with Crippen LogP contribution in [0.2, 0.25) is 0 Å². The van der Waals surface area contributed by atoms with Crippen molar-refractivity contribution in [2.45, 2.75) is 0 Å². The van der Waals surface area contributed by atoms with Gasteiger partial charge in [0.25, 0.3) is 0 Å². The Kier molecular flexibility index (Phi) is 2.93. The summed E-state index contributed by atoms with van der Waals surface area (Å²) in [5.41, 5.74) is 6.18. The summed E-state index contributed by atoms with van der Waals surface area (Å²) in [6.07, 6.45) is 5.86. The number of methoxy groups -OCH3 is 1. The highest BCUT2D eigenvalue weighted by Crippen LogP contribution is 2.34. The second kappa shape index (κ2) is 5.07. The molecule has 3 aromatic rings. The van der Waals surface area contributed by atoms with Gasteiger partial charge in [-0.05, 0) is 24.3 Å². The summed E-state index contributed by atoms with van der Waals surface area (Å²) in [7, 11) is 1.68. The highest BCUT2D eigenvalue weighted by Gasteiger charge is 2.14. The van der Waals surface area contributed by atoms with Gasteiger partial charge in [-0.1, -0.05) is 18.2 Å². The lowest BCUT2D eigenvalue weighted by atomic mass is 10.1. The zero-order chi connectivity index (χ0) is 14.9. The molecule has 1 aliphatic rings. The van der Waals surface area contributed by atoms with Gasteiger partial charge in [-0.2, -0.15) is 0 Å². The fourth-order valence-corrected chi connectivity index (χ4v) is 2.68. The summed E-state index contributed by atoms with van der Waals surface area (Å²) in [6, 6.07) is 14.1. The van der Waals surface area contributed by atoms with E-state index in [-0.39, 0.29) is 0 Å². The molecule has 1 aromatic carbocycles. The molecular formula is C18H15N3O. The zero-order valence-electron chi connectivity index (χ0n) is 12.1. The van der Waals surface area contributed by atoms with Crippen LogP contribution in [0, 0.1) is 0 Å². The Labute approximate surface area is 128 Å². The zero-order valence-corrected chi connectivity index (χ0v) is 12.1. The number of H-pyrrole nitrogens is 2. The summed E-state index contributed by atoms with van der Waals surface area (Å²) in [4.78, 5) is 11.0. The second-order valence-corrected chi connectivity index (χ2v) is 5.12. The normalized spacial score (nSPS) is 14.5. The van der Waals surface area contributed by atoms with E-state index in [2.05, 4.69) is 27.1 Å². The molecule has 0 amide bonds. The van der Waals surface area contributed by atoms with Crippen molar-refractivity contribution in [1.29, 1.82) is 0 Å². The van der Waals surface area contributed by atoms with Crippen molar-refractivity contribution in [1.82, 2.24) is 9.97 Å². The minimum absolute atomic E-state index is 0.815. The molecular weight excluding hydrogens is 274 g/mol. The standard InChI is InChI=1S/C18H15N3O/c1-22-18-10-16(15-7-4-8-19-15)21-17(18)9-12-11-20-14-6-3-2-5-13(12)14/h2-11,19,21H,1H3/b12-9-. The highest BCUT2D eigenvalue weighted by atomic mass is 16.5. The maximum atomic E-state index is 5.49. The molecule has 108 valence electrons. The van der Waals surface area contributed by atoms with E-state index in [9.17, 15) is 0 Å². The van der Waals surface area contributed by atoms with Crippen molar-refractivity contribution in [3.8, 4) is 17.1 Å². The first-order valence-corrected chi connectivity index (χ1v) is 7.11. The largest absolute Gasteiger partial charge is 0.494 e. The summed E-state index contributed by atoms with van der Waals surface area (Å²) in [6.45, 7) is 0. The van der Waals surface area contributed by atoms with Gasteiger partial charge in [0.15, 0.2) is 0 Å². The Morgan fingerprint density at radius 3 is 2.82 bits per heavy atom. The number of para-hydroxylation sites is 1. The fraction of sp³-hybridized carbons (Fsp3) is 0.0556. The van der Waals surface area contributed by atoms with E-state index in [0.717, 1.165) is 39.7 Å². The van der Waals surface area contributed by atoms with E-state index in [0.29, 0.717) is 0 Å². The Morgan fingerprint density at radius 1 is 1.09 bits per heavy atom. The van der Waals surface area contributed by atoms with E-state index in [1.165, 1.54) is 0 Å². The van der Waals surface area contributed by atoms with Crippen molar-refractivity contribution in [2.24, 2.45) is 4.99 Å². The van der Waals surface area contributed by atoms with Gasteiger partial charge in [0, 0.05) is 29.6 Å². The van der Waals surface area contributed by atoms with Gasteiger partial charge in [-0.15, -0.1) is 0 Å². The number of allylic oxidation sites excluding steroid dienone is 1. The molecule has 4 rings (SSSR count). The first-order valence-electron chi connectivity index (χ1n) is 7.11. The molecule has 0 bridgehead atoms. The smallest absolute Gasteiger partial charge is 0.144 e. The van der Waals surface area contributed by atoms with Crippen LogP contribution in [0.5, 0.6) is 5.75 Å². The van der Waals surface area contributed by atoms with Crippen LogP contribution in [-0.4, -0.2) is 23.3 Å². The number of hydrogen-bond donors (Lipinski definition) is 2. The van der Waals surface area contributed by atoms with Crippen LogP contribution in [0.25, 0.3) is 23.0 Å². The number of ether oxygens (including phenoxy) is 1. The molecule has 2 aromatic heterocycles. The predicted molar refractivity (Wildman–Crippen MR) is 89.6 cm³/mol. The summed E-state index contributed by atoms with van der Waals surface area (Å²) < 4.78 is 5.49. The average molecular weight is 289 g/mol. The van der Waals surface area contributed by atoms with E-state index < -0.39 is 0 Å². The Morgan fingerprint density at radius 2 is 2.00 bits per heavy atom. The van der Waals surface area contributed by atoms with Gasteiger partial charge >= 0.3 is 0 Å². The maximum absolute atomic E-state index is 5.49. The molecule has 4 nitrogen and oxygen atoms in total. The molecule has 22 heavy (non-hydrogen) atoms. The van der Waals surface area contributed by atoms with Gasteiger partial charge in [0.2, 0.25) is 0 Å². The third-order valence-electron chi connectivity index (χ3n) is 3.78. The molecule has 0 fully saturated rings. The Balaban J connectivity index is 1.78. The van der Waals surface area contributed by atoms with Crippen molar-refractivity contribution < 1.29 is 4.74 Å². The quantitative estimate of drug-likeness (QED) is 0.743. The van der Waals surface area contributed by atoms with Crippen LogP contribution >= 0.6 is 0 Å². The summed E-state index contributed by atoms with van der Waals surface area (Å²) in [5.74, 6) is 0.815.